The van der Waals surface area contributed by atoms with E-state index >= 15 is 0 Å². The molecule has 0 bridgehead atoms. The fourth-order valence-corrected chi connectivity index (χ4v) is 3.03. The van der Waals surface area contributed by atoms with Crippen LogP contribution in [0.3, 0.4) is 0 Å². The predicted octanol–water partition coefficient (Wildman–Crippen LogP) is 4.81. The van der Waals surface area contributed by atoms with E-state index in [1.54, 1.807) is 12.1 Å². The second-order valence-corrected chi connectivity index (χ2v) is 6.98. The zero-order valence-electron chi connectivity index (χ0n) is 16.1. The van der Waals surface area contributed by atoms with Crippen LogP contribution in [0.25, 0.3) is 0 Å². The Morgan fingerprint density at radius 1 is 0.793 bits per heavy atom. The average Bonchev–Trinajstić information content (AvgIpc) is 3.18. The summed E-state index contributed by atoms with van der Waals surface area (Å²) in [6.45, 7) is 2.04. The van der Waals surface area contributed by atoms with Crippen LogP contribution in [0.5, 0.6) is 0 Å². The highest BCUT2D eigenvalue weighted by atomic mass is 16.4. The maximum atomic E-state index is 12.4. The number of benzene rings is 3. The van der Waals surface area contributed by atoms with Crippen LogP contribution < -0.4 is 5.32 Å². The van der Waals surface area contributed by atoms with Crippen molar-refractivity contribution >= 4 is 11.9 Å². The minimum Gasteiger partial charge on any atom is -0.407 e. The van der Waals surface area contributed by atoms with E-state index in [9.17, 15) is 4.79 Å². The van der Waals surface area contributed by atoms with Gasteiger partial charge < -0.3 is 4.42 Å². The maximum Gasteiger partial charge on any atom is 0.322 e. The van der Waals surface area contributed by atoms with Gasteiger partial charge >= 0.3 is 6.01 Å². The van der Waals surface area contributed by atoms with Gasteiger partial charge in [0, 0.05) is 5.56 Å². The molecule has 0 saturated carbocycles. The summed E-state index contributed by atoms with van der Waals surface area (Å²) in [6.07, 6.45) is 1.35. The van der Waals surface area contributed by atoms with E-state index < -0.39 is 0 Å². The normalized spacial score (nSPS) is 10.7. The van der Waals surface area contributed by atoms with Gasteiger partial charge in [-0.25, -0.2) is 0 Å². The van der Waals surface area contributed by atoms with Crippen molar-refractivity contribution in [3.05, 3.63) is 113 Å². The number of aromatic nitrogens is 2. The van der Waals surface area contributed by atoms with Crippen molar-refractivity contribution in [3.63, 3.8) is 0 Å². The number of nitrogens with one attached hydrogen (secondary N) is 1. The van der Waals surface area contributed by atoms with Crippen molar-refractivity contribution in [2.45, 2.75) is 19.8 Å². The molecule has 0 saturated heterocycles. The molecule has 0 atom stereocenters. The van der Waals surface area contributed by atoms with Crippen molar-refractivity contribution in [1.29, 1.82) is 0 Å². The lowest BCUT2D eigenvalue weighted by Gasteiger charge is -2.04. The van der Waals surface area contributed by atoms with E-state index in [-0.39, 0.29) is 11.9 Å². The van der Waals surface area contributed by atoms with Gasteiger partial charge in [-0.05, 0) is 42.2 Å². The highest BCUT2D eigenvalue weighted by Crippen LogP contribution is 2.15. The molecular formula is C24H21N3O2. The second-order valence-electron chi connectivity index (χ2n) is 6.98. The summed E-state index contributed by atoms with van der Waals surface area (Å²) in [5, 5.41) is 10.6. The number of hydrogen-bond donors (Lipinski definition) is 1. The molecule has 0 unspecified atom stereocenters. The molecule has 0 spiro atoms. The van der Waals surface area contributed by atoms with Crippen molar-refractivity contribution in [2.24, 2.45) is 0 Å². The van der Waals surface area contributed by atoms with Crippen molar-refractivity contribution in [2.75, 3.05) is 5.32 Å². The summed E-state index contributed by atoms with van der Waals surface area (Å²) < 4.78 is 5.56. The van der Waals surface area contributed by atoms with Crippen molar-refractivity contribution in [1.82, 2.24) is 10.2 Å². The van der Waals surface area contributed by atoms with Crippen molar-refractivity contribution in [3.8, 4) is 0 Å². The molecular weight excluding hydrogens is 362 g/mol. The number of rotatable bonds is 6. The molecule has 144 valence electrons. The molecule has 3 aromatic carbocycles. The van der Waals surface area contributed by atoms with Crippen LogP contribution >= 0.6 is 0 Å². The number of carbonyl (C=O) groups is 1. The molecule has 1 heterocycles. The van der Waals surface area contributed by atoms with Gasteiger partial charge in [-0.1, -0.05) is 77.4 Å². The highest BCUT2D eigenvalue weighted by molar-refractivity contribution is 6.03. The van der Waals surface area contributed by atoms with Crippen LogP contribution in [0.4, 0.5) is 6.01 Å². The van der Waals surface area contributed by atoms with Gasteiger partial charge in [0.25, 0.3) is 5.91 Å². The van der Waals surface area contributed by atoms with Gasteiger partial charge in [-0.15, -0.1) is 5.10 Å². The predicted molar refractivity (Wildman–Crippen MR) is 112 cm³/mol. The third kappa shape index (κ3) is 4.96. The smallest absolute Gasteiger partial charge is 0.322 e. The lowest BCUT2D eigenvalue weighted by atomic mass is 10.0. The van der Waals surface area contributed by atoms with E-state index in [4.69, 9.17) is 4.42 Å². The number of hydrogen-bond acceptors (Lipinski definition) is 4. The summed E-state index contributed by atoms with van der Waals surface area (Å²) in [5.41, 5.74) is 5.19. The first-order valence-electron chi connectivity index (χ1n) is 9.48. The first-order chi connectivity index (χ1) is 14.2. The quantitative estimate of drug-likeness (QED) is 0.519. The molecule has 0 aliphatic carbocycles. The Bertz CT molecular complexity index is 1090. The van der Waals surface area contributed by atoms with Gasteiger partial charge in [0.2, 0.25) is 5.89 Å². The Hall–Kier alpha value is -3.73. The first kappa shape index (κ1) is 18.6. The van der Waals surface area contributed by atoms with E-state index in [0.29, 0.717) is 17.9 Å². The van der Waals surface area contributed by atoms with Gasteiger partial charge in [0.15, 0.2) is 0 Å². The van der Waals surface area contributed by atoms with E-state index in [0.717, 1.165) is 17.5 Å². The Kier molecular flexibility index (Phi) is 5.47. The molecule has 4 aromatic rings. The van der Waals surface area contributed by atoms with Gasteiger partial charge in [0.1, 0.15) is 0 Å². The standard InChI is InChI=1S/C24H21N3O2/c1-17-7-9-20(10-8-17)16-22-26-27-24(29-22)25-23(28)21-13-11-19(12-14-21)15-18-5-3-2-4-6-18/h2-14H,15-16H2,1H3,(H,25,27,28). The average molecular weight is 383 g/mol. The Labute approximate surface area is 169 Å². The Morgan fingerprint density at radius 3 is 2.14 bits per heavy atom. The molecule has 1 aromatic heterocycles. The second kappa shape index (κ2) is 8.52. The summed E-state index contributed by atoms with van der Waals surface area (Å²) in [7, 11) is 0. The first-order valence-corrected chi connectivity index (χ1v) is 9.48. The summed E-state index contributed by atoms with van der Waals surface area (Å²) >= 11 is 0. The molecule has 5 heteroatoms. The topological polar surface area (TPSA) is 68.0 Å². The third-order valence-corrected chi connectivity index (χ3v) is 4.63. The third-order valence-electron chi connectivity index (χ3n) is 4.63. The number of amides is 1. The molecule has 5 nitrogen and oxygen atoms in total. The van der Waals surface area contributed by atoms with Gasteiger partial charge in [0.05, 0.1) is 6.42 Å². The molecule has 0 fully saturated rings. The molecule has 0 radical (unpaired) electrons. The van der Waals surface area contributed by atoms with E-state index in [1.165, 1.54) is 11.1 Å². The SMILES string of the molecule is Cc1ccc(Cc2nnc(NC(=O)c3ccc(Cc4ccccc4)cc3)o2)cc1. The Morgan fingerprint density at radius 2 is 1.41 bits per heavy atom. The monoisotopic (exact) mass is 383 g/mol. The number of nitrogens with zero attached hydrogens (tertiary/aromatic N) is 2. The lowest BCUT2D eigenvalue weighted by molar-refractivity contribution is 0.102. The Balaban J connectivity index is 1.36. The zero-order valence-corrected chi connectivity index (χ0v) is 16.1. The lowest BCUT2D eigenvalue weighted by Crippen LogP contribution is -2.12. The fourth-order valence-electron chi connectivity index (χ4n) is 3.03. The van der Waals surface area contributed by atoms with Crippen LogP contribution in [-0.2, 0) is 12.8 Å². The van der Waals surface area contributed by atoms with Crippen LogP contribution in [-0.4, -0.2) is 16.1 Å². The minimum absolute atomic E-state index is 0.102. The van der Waals surface area contributed by atoms with Crippen molar-refractivity contribution < 1.29 is 9.21 Å². The largest absolute Gasteiger partial charge is 0.407 e. The van der Waals surface area contributed by atoms with Crippen LogP contribution in [0, 0.1) is 6.92 Å². The van der Waals surface area contributed by atoms with Crippen LogP contribution in [0.15, 0.2) is 83.3 Å². The highest BCUT2D eigenvalue weighted by Gasteiger charge is 2.12. The van der Waals surface area contributed by atoms with E-state index in [2.05, 4.69) is 27.6 Å². The molecule has 1 N–H and O–H groups in total. The summed E-state index contributed by atoms with van der Waals surface area (Å²) in [6, 6.07) is 26.0. The number of aryl methyl sites for hydroxylation is 1. The molecule has 0 aliphatic heterocycles. The maximum absolute atomic E-state index is 12.4. The summed E-state index contributed by atoms with van der Waals surface area (Å²) in [5.74, 6) is 0.184. The summed E-state index contributed by atoms with van der Waals surface area (Å²) in [4.78, 5) is 12.4. The number of anilines is 1. The molecule has 1 amide bonds. The molecule has 29 heavy (non-hydrogen) atoms. The van der Waals surface area contributed by atoms with E-state index in [1.807, 2.05) is 61.5 Å². The fraction of sp³-hybridized carbons (Fsp3) is 0.125. The minimum atomic E-state index is -0.276. The molecule has 0 aliphatic rings. The molecule has 4 rings (SSSR count). The van der Waals surface area contributed by atoms with Crippen LogP contribution in [0.2, 0.25) is 0 Å². The van der Waals surface area contributed by atoms with Gasteiger partial charge in [-0.2, -0.15) is 0 Å². The van der Waals surface area contributed by atoms with Crippen LogP contribution in [0.1, 0.15) is 38.5 Å². The van der Waals surface area contributed by atoms with Gasteiger partial charge in [-0.3, -0.25) is 10.1 Å². The zero-order chi connectivity index (χ0) is 20.1. The number of carbonyl (C=O) groups excluding carboxylic acids is 1.